The molecule has 1 N–H and O–H groups in total. The molecule has 0 amide bonds. The van der Waals surface area contributed by atoms with Crippen LogP contribution in [0.1, 0.15) is 53.1 Å². The maximum Gasteiger partial charge on any atom is 0.170 e. The minimum atomic E-state index is -0.0351. The summed E-state index contributed by atoms with van der Waals surface area (Å²) in [5.74, 6) is 0. The lowest BCUT2D eigenvalue weighted by molar-refractivity contribution is 0.0841. The van der Waals surface area contributed by atoms with Crippen LogP contribution in [-0.4, -0.2) is 38.8 Å². The largest absolute Gasteiger partial charge is 0.376 e. The van der Waals surface area contributed by atoms with E-state index < -0.39 is 0 Å². The van der Waals surface area contributed by atoms with Gasteiger partial charge in [0.2, 0.25) is 0 Å². The third-order valence-electron chi connectivity index (χ3n) is 6.99. The first kappa shape index (κ1) is 22.4. The van der Waals surface area contributed by atoms with E-state index in [9.17, 15) is 0 Å². The molecule has 2 saturated heterocycles. The second kappa shape index (κ2) is 9.09. The first-order valence-electron chi connectivity index (χ1n) is 11.5. The molecule has 2 aromatic heterocycles. The van der Waals surface area contributed by atoms with Gasteiger partial charge >= 0.3 is 0 Å². The van der Waals surface area contributed by atoms with Crippen LogP contribution in [0.25, 0.3) is 5.69 Å². The molecule has 0 spiro atoms. The van der Waals surface area contributed by atoms with Crippen LogP contribution >= 0.6 is 23.8 Å². The second-order valence-electron chi connectivity index (χ2n) is 8.94. The highest BCUT2D eigenvalue weighted by molar-refractivity contribution is 7.80. The molecule has 2 aliphatic rings. The van der Waals surface area contributed by atoms with Crippen molar-refractivity contribution >= 4 is 28.9 Å². The Labute approximate surface area is 205 Å². The van der Waals surface area contributed by atoms with Gasteiger partial charge < -0.3 is 19.5 Å². The predicted octanol–water partition coefficient (Wildman–Crippen LogP) is 5.60. The number of aromatic nitrogens is 2. The quantitative estimate of drug-likeness (QED) is 0.481. The summed E-state index contributed by atoms with van der Waals surface area (Å²) in [7, 11) is 0. The molecule has 3 atom stereocenters. The maximum absolute atomic E-state index is 6.34. The fraction of sp³-hybridized carbons (Fsp3) is 0.385. The van der Waals surface area contributed by atoms with Gasteiger partial charge in [0.1, 0.15) is 0 Å². The number of thiocarbonyl (C=S) groups is 1. The number of nitrogens with zero attached hydrogens (tertiary/aromatic N) is 3. The zero-order valence-electron chi connectivity index (χ0n) is 19.2. The summed E-state index contributed by atoms with van der Waals surface area (Å²) in [6.45, 7) is 8.18. The van der Waals surface area contributed by atoms with Crippen molar-refractivity contribution in [3.8, 4) is 5.69 Å². The summed E-state index contributed by atoms with van der Waals surface area (Å²) < 4.78 is 8.30. The van der Waals surface area contributed by atoms with E-state index in [0.717, 1.165) is 47.5 Å². The third kappa shape index (κ3) is 4.05. The van der Waals surface area contributed by atoms with Crippen LogP contribution in [0.15, 0.2) is 48.7 Å². The highest BCUT2D eigenvalue weighted by Crippen LogP contribution is 2.43. The zero-order chi connectivity index (χ0) is 23.1. The lowest BCUT2D eigenvalue weighted by atomic mass is 9.93. The molecule has 0 radical (unpaired) electrons. The molecule has 0 unspecified atom stereocenters. The van der Waals surface area contributed by atoms with Gasteiger partial charge in [0, 0.05) is 47.0 Å². The maximum atomic E-state index is 6.34. The number of benzene rings is 1. The van der Waals surface area contributed by atoms with E-state index in [1.165, 1.54) is 22.5 Å². The van der Waals surface area contributed by atoms with Gasteiger partial charge in [-0.25, -0.2) is 0 Å². The summed E-state index contributed by atoms with van der Waals surface area (Å²) in [5.41, 5.74) is 7.02. The molecule has 1 aromatic carbocycles. The topological polar surface area (TPSA) is 42.3 Å². The first-order chi connectivity index (χ1) is 16.0. The van der Waals surface area contributed by atoms with Crippen LogP contribution < -0.4 is 5.32 Å². The molecular weight excluding hydrogens is 452 g/mol. The molecule has 3 aromatic rings. The van der Waals surface area contributed by atoms with E-state index in [-0.39, 0.29) is 18.2 Å². The van der Waals surface area contributed by atoms with E-state index in [4.69, 9.17) is 33.5 Å². The number of rotatable bonds is 5. The Hall–Kier alpha value is -2.41. The van der Waals surface area contributed by atoms with Gasteiger partial charge in [-0.1, -0.05) is 23.7 Å². The lowest BCUT2D eigenvalue weighted by Gasteiger charge is -2.30. The normalized spacial score (nSPS) is 22.7. The number of halogens is 1. The lowest BCUT2D eigenvalue weighted by Crippen LogP contribution is -2.36. The van der Waals surface area contributed by atoms with E-state index >= 15 is 0 Å². The molecule has 2 fully saturated rings. The predicted molar refractivity (Wildman–Crippen MR) is 136 cm³/mol. The van der Waals surface area contributed by atoms with Crippen molar-refractivity contribution in [2.24, 2.45) is 0 Å². The van der Waals surface area contributed by atoms with Crippen LogP contribution in [0.5, 0.6) is 0 Å². The average Bonchev–Trinajstić information content (AvgIpc) is 3.49. The fourth-order valence-corrected chi connectivity index (χ4v) is 5.87. The Morgan fingerprint density at radius 3 is 2.70 bits per heavy atom. The monoisotopic (exact) mass is 480 g/mol. The van der Waals surface area contributed by atoms with Crippen molar-refractivity contribution in [2.45, 2.75) is 51.8 Å². The van der Waals surface area contributed by atoms with Gasteiger partial charge in [0.15, 0.2) is 5.11 Å². The summed E-state index contributed by atoms with van der Waals surface area (Å²) in [4.78, 5) is 7.01. The Kier molecular flexibility index (Phi) is 6.16. The van der Waals surface area contributed by atoms with Gasteiger partial charge in [0.25, 0.3) is 0 Å². The number of nitrogens with one attached hydrogen (secondary N) is 1. The van der Waals surface area contributed by atoms with Gasteiger partial charge in [-0.2, -0.15) is 0 Å². The minimum absolute atomic E-state index is 0.0238. The molecular formula is C26H29ClN4OS. The minimum Gasteiger partial charge on any atom is -0.376 e. The number of hydrogen-bond acceptors (Lipinski definition) is 3. The van der Waals surface area contributed by atoms with Crippen LogP contribution in [-0.2, 0) is 4.74 Å². The number of ether oxygens (including phenoxy) is 1. The van der Waals surface area contributed by atoms with Crippen molar-refractivity contribution in [2.75, 3.05) is 13.2 Å². The molecule has 0 saturated carbocycles. The van der Waals surface area contributed by atoms with Gasteiger partial charge in [-0.15, -0.1) is 0 Å². The van der Waals surface area contributed by atoms with Crippen LogP contribution in [0.4, 0.5) is 0 Å². The highest BCUT2D eigenvalue weighted by Gasteiger charge is 2.43. The molecule has 0 bridgehead atoms. The Balaban J connectivity index is 1.64. The van der Waals surface area contributed by atoms with E-state index in [1.807, 2.05) is 36.5 Å². The highest BCUT2D eigenvalue weighted by atomic mass is 35.5. The van der Waals surface area contributed by atoms with Crippen molar-refractivity contribution in [1.29, 1.82) is 0 Å². The molecule has 4 heterocycles. The summed E-state index contributed by atoms with van der Waals surface area (Å²) >= 11 is 12.2. The Morgan fingerprint density at radius 1 is 1.15 bits per heavy atom. The second-order valence-corrected chi connectivity index (χ2v) is 9.76. The van der Waals surface area contributed by atoms with Crippen molar-refractivity contribution < 1.29 is 4.74 Å². The number of hydrogen-bond donors (Lipinski definition) is 1. The standard InChI is InChI=1S/C26H29ClN4OS/c1-16-17(2)31(20-9-6-8-19(27)14-20)18(3)23(16)25-24(22-11-4-5-12-28-22)29-26(33)30(25)15-21-10-7-13-32-21/h4-6,8-9,11-12,14,21,24-25H,7,10,13,15H2,1-3H3,(H,29,33)/t21-,24-,25-/m0/s1. The molecule has 7 heteroatoms. The van der Waals surface area contributed by atoms with Crippen LogP contribution in [0.3, 0.4) is 0 Å². The smallest absolute Gasteiger partial charge is 0.170 e. The third-order valence-corrected chi connectivity index (χ3v) is 7.58. The molecule has 33 heavy (non-hydrogen) atoms. The van der Waals surface area contributed by atoms with Crippen molar-refractivity contribution in [3.05, 3.63) is 81.9 Å². The molecule has 0 aliphatic carbocycles. The van der Waals surface area contributed by atoms with Crippen molar-refractivity contribution in [1.82, 2.24) is 19.8 Å². The van der Waals surface area contributed by atoms with Gasteiger partial charge in [-0.05, 0) is 81.7 Å². The number of pyridine rings is 1. The summed E-state index contributed by atoms with van der Waals surface area (Å²) in [6, 6.07) is 14.1. The van der Waals surface area contributed by atoms with Crippen LogP contribution in [0.2, 0.25) is 5.02 Å². The van der Waals surface area contributed by atoms with Crippen molar-refractivity contribution in [3.63, 3.8) is 0 Å². The average molecular weight is 481 g/mol. The fourth-order valence-electron chi connectivity index (χ4n) is 5.37. The van der Waals surface area contributed by atoms with Gasteiger partial charge in [-0.3, -0.25) is 4.98 Å². The SMILES string of the molecule is Cc1c([C@H]2[C@H](c3ccccn3)NC(=S)N2C[C@@H]2CCCO2)c(C)n(-c2cccc(Cl)c2)c1C. The molecule has 172 valence electrons. The van der Waals surface area contributed by atoms with Gasteiger partial charge in [0.05, 0.1) is 23.9 Å². The first-order valence-corrected chi connectivity index (χ1v) is 12.3. The van der Waals surface area contributed by atoms with Crippen LogP contribution in [0, 0.1) is 20.8 Å². The van der Waals surface area contributed by atoms with E-state index in [2.05, 4.69) is 47.7 Å². The van der Waals surface area contributed by atoms with E-state index in [0.29, 0.717) is 0 Å². The molecule has 2 aliphatic heterocycles. The van der Waals surface area contributed by atoms with E-state index in [1.54, 1.807) is 0 Å². The molecule has 5 rings (SSSR count). The Bertz CT molecular complexity index is 1170. The molecule has 5 nitrogen and oxygen atoms in total. The Morgan fingerprint density at radius 2 is 2.00 bits per heavy atom. The summed E-state index contributed by atoms with van der Waals surface area (Å²) in [6.07, 6.45) is 4.23. The summed E-state index contributed by atoms with van der Waals surface area (Å²) in [5, 5.41) is 5.08. The zero-order valence-corrected chi connectivity index (χ0v) is 20.8.